The highest BCUT2D eigenvalue weighted by atomic mass is 28.2. The van der Waals surface area contributed by atoms with Crippen molar-refractivity contribution in [2.24, 2.45) is 17.1 Å². The fourth-order valence-corrected chi connectivity index (χ4v) is 2.25. The maximum atomic E-state index is 5.57. The molecular weight excluding hydrogens is 178 g/mol. The van der Waals surface area contributed by atoms with Gasteiger partial charge in [0.25, 0.3) is 0 Å². The van der Waals surface area contributed by atoms with Crippen LogP contribution in [-0.2, 0) is 4.43 Å². The van der Waals surface area contributed by atoms with Gasteiger partial charge in [-0.2, -0.15) is 0 Å². The number of hydrogen-bond acceptors (Lipinski definition) is 2. The zero-order valence-electron chi connectivity index (χ0n) is 9.76. The van der Waals surface area contributed by atoms with Gasteiger partial charge in [-0.15, -0.1) is 0 Å². The van der Waals surface area contributed by atoms with Crippen LogP contribution in [0.15, 0.2) is 0 Å². The van der Waals surface area contributed by atoms with Crippen LogP contribution in [-0.4, -0.2) is 23.1 Å². The van der Waals surface area contributed by atoms with Crippen molar-refractivity contribution in [3.8, 4) is 0 Å². The Kier molecular flexibility index (Phi) is 5.84. The highest BCUT2D eigenvalue weighted by Gasteiger charge is 2.33. The van der Waals surface area contributed by atoms with E-state index in [1.165, 1.54) is 6.42 Å². The third kappa shape index (κ3) is 3.41. The Morgan fingerprint density at radius 2 is 1.92 bits per heavy atom. The number of rotatable bonds is 6. The van der Waals surface area contributed by atoms with Gasteiger partial charge in [0.2, 0.25) is 0 Å². The molecule has 0 saturated carbocycles. The molecule has 0 heterocycles. The molecule has 0 fully saturated rings. The summed E-state index contributed by atoms with van der Waals surface area (Å²) in [6.07, 6.45) is 2.64. The van der Waals surface area contributed by atoms with E-state index in [9.17, 15) is 0 Å². The summed E-state index contributed by atoms with van der Waals surface area (Å²) in [5.74, 6) is 0.656. The lowest BCUT2D eigenvalue weighted by Crippen LogP contribution is -2.37. The molecule has 0 saturated heterocycles. The van der Waals surface area contributed by atoms with Crippen molar-refractivity contribution in [2.45, 2.75) is 46.6 Å². The summed E-state index contributed by atoms with van der Waals surface area (Å²) in [5.41, 5.74) is 5.84. The molecule has 0 bridgehead atoms. The minimum Gasteiger partial charge on any atom is -0.425 e. The first-order valence-electron chi connectivity index (χ1n) is 5.22. The molecule has 0 aromatic heterocycles. The van der Waals surface area contributed by atoms with Crippen LogP contribution in [0.5, 0.6) is 0 Å². The van der Waals surface area contributed by atoms with E-state index >= 15 is 0 Å². The summed E-state index contributed by atoms with van der Waals surface area (Å²) < 4.78 is 5.57. The average molecular weight is 203 g/mol. The van der Waals surface area contributed by atoms with E-state index in [0.717, 1.165) is 23.5 Å². The van der Waals surface area contributed by atoms with E-state index in [1.807, 2.05) is 0 Å². The Labute approximate surface area is 85.8 Å². The summed E-state index contributed by atoms with van der Waals surface area (Å²) in [5, 5.41) is 0. The summed E-state index contributed by atoms with van der Waals surface area (Å²) >= 11 is 0. The van der Waals surface area contributed by atoms with Gasteiger partial charge in [0.15, 0.2) is 0 Å². The zero-order chi connectivity index (χ0) is 10.5. The van der Waals surface area contributed by atoms with Crippen molar-refractivity contribution < 1.29 is 4.43 Å². The first kappa shape index (κ1) is 13.1. The lowest BCUT2D eigenvalue weighted by molar-refractivity contribution is 0.0325. The quantitative estimate of drug-likeness (QED) is 0.656. The fraction of sp³-hybridized carbons (Fsp3) is 1.00. The Hall–Kier alpha value is 0.137. The van der Waals surface area contributed by atoms with Crippen LogP contribution in [0.4, 0.5) is 0 Å². The van der Waals surface area contributed by atoms with Gasteiger partial charge in [-0.25, -0.2) is 0 Å². The van der Waals surface area contributed by atoms with Crippen LogP contribution in [0.25, 0.3) is 0 Å². The van der Waals surface area contributed by atoms with E-state index < -0.39 is 0 Å². The van der Waals surface area contributed by atoms with E-state index in [1.54, 1.807) is 0 Å². The number of nitrogens with two attached hydrogens (primary N) is 1. The molecule has 0 spiro atoms. The number of hydrogen-bond donors (Lipinski definition) is 1. The second kappa shape index (κ2) is 5.78. The maximum Gasteiger partial charge on any atom is 0.146 e. The molecule has 0 aliphatic heterocycles. The van der Waals surface area contributed by atoms with Gasteiger partial charge < -0.3 is 10.2 Å². The lowest BCUT2D eigenvalue weighted by Gasteiger charge is -2.39. The van der Waals surface area contributed by atoms with Crippen LogP contribution in [0.3, 0.4) is 0 Å². The molecule has 0 aliphatic carbocycles. The smallest absolute Gasteiger partial charge is 0.146 e. The molecule has 3 heteroatoms. The zero-order valence-corrected chi connectivity index (χ0v) is 11.8. The van der Waals surface area contributed by atoms with E-state index in [2.05, 4.69) is 27.7 Å². The Morgan fingerprint density at radius 1 is 1.38 bits per heavy atom. The van der Waals surface area contributed by atoms with Crippen molar-refractivity contribution in [3.05, 3.63) is 0 Å². The summed E-state index contributed by atoms with van der Waals surface area (Å²) in [7, 11) is 0.827. The van der Waals surface area contributed by atoms with Crippen molar-refractivity contribution in [1.29, 1.82) is 0 Å². The summed E-state index contributed by atoms with van der Waals surface area (Å²) in [6, 6.07) is 0. The average Bonchev–Trinajstić information content (AvgIpc) is 2.12. The van der Waals surface area contributed by atoms with Crippen LogP contribution in [0.1, 0.15) is 40.5 Å². The summed E-state index contributed by atoms with van der Waals surface area (Å²) in [6.45, 7) is 9.83. The van der Waals surface area contributed by atoms with Crippen LogP contribution in [0, 0.1) is 11.3 Å². The summed E-state index contributed by atoms with van der Waals surface area (Å²) in [4.78, 5) is 0. The van der Waals surface area contributed by atoms with Gasteiger partial charge in [-0.1, -0.05) is 20.8 Å². The van der Waals surface area contributed by atoms with Gasteiger partial charge in [-0.3, -0.25) is 0 Å². The normalized spacial score (nSPS) is 18.9. The van der Waals surface area contributed by atoms with Crippen LogP contribution in [0.2, 0.25) is 0 Å². The molecule has 80 valence electrons. The third-order valence-electron chi connectivity index (χ3n) is 3.52. The monoisotopic (exact) mass is 203 g/mol. The lowest BCUT2D eigenvalue weighted by atomic mass is 9.72. The molecule has 2 N–H and O–H groups in total. The molecule has 0 amide bonds. The van der Waals surface area contributed by atoms with Crippen molar-refractivity contribution in [1.82, 2.24) is 0 Å². The second-order valence-electron chi connectivity index (χ2n) is 4.43. The largest absolute Gasteiger partial charge is 0.425 e. The van der Waals surface area contributed by atoms with Gasteiger partial charge in [0, 0.05) is 6.10 Å². The molecule has 2 nitrogen and oxygen atoms in total. The molecule has 0 aromatic carbocycles. The topological polar surface area (TPSA) is 35.2 Å². The third-order valence-corrected chi connectivity index (χ3v) is 4.23. The van der Waals surface area contributed by atoms with Crippen molar-refractivity contribution in [2.75, 3.05) is 6.54 Å². The van der Waals surface area contributed by atoms with Gasteiger partial charge in [-0.05, 0) is 37.6 Å². The Balaban J connectivity index is 4.33. The van der Waals surface area contributed by atoms with Crippen LogP contribution < -0.4 is 5.73 Å². The van der Waals surface area contributed by atoms with Gasteiger partial charge in [0.1, 0.15) is 10.5 Å². The fourth-order valence-electron chi connectivity index (χ4n) is 1.71. The minimum absolute atomic E-state index is 0.293. The van der Waals surface area contributed by atoms with E-state index in [4.69, 9.17) is 10.2 Å². The molecule has 13 heavy (non-hydrogen) atoms. The standard InChI is InChI=1S/C10H25NOSi/c1-8(2)10(4,6-5-7-11)9(3)12-13/h8-9H,5-7,11H2,1-4,13H3. The molecule has 0 radical (unpaired) electrons. The Bertz CT molecular complexity index is 141. The van der Waals surface area contributed by atoms with E-state index in [0.29, 0.717) is 17.4 Å². The molecular formula is C10H25NOSi. The van der Waals surface area contributed by atoms with E-state index in [-0.39, 0.29) is 0 Å². The predicted molar refractivity (Wildman–Crippen MR) is 61.7 cm³/mol. The molecule has 0 aromatic rings. The first-order chi connectivity index (χ1) is 5.99. The van der Waals surface area contributed by atoms with Crippen molar-refractivity contribution in [3.63, 3.8) is 0 Å². The Morgan fingerprint density at radius 3 is 2.23 bits per heavy atom. The second-order valence-corrected chi connectivity index (χ2v) is 4.90. The predicted octanol–water partition coefficient (Wildman–Crippen LogP) is 1.07. The van der Waals surface area contributed by atoms with Gasteiger partial charge >= 0.3 is 0 Å². The molecule has 2 unspecified atom stereocenters. The highest BCUT2D eigenvalue weighted by molar-refractivity contribution is 5.98. The van der Waals surface area contributed by atoms with Crippen LogP contribution >= 0.6 is 0 Å². The van der Waals surface area contributed by atoms with Crippen molar-refractivity contribution >= 4 is 10.5 Å². The first-order valence-corrected chi connectivity index (χ1v) is 6.03. The molecule has 2 atom stereocenters. The molecule has 0 rings (SSSR count). The maximum absolute atomic E-state index is 5.57. The minimum atomic E-state index is 0.293. The van der Waals surface area contributed by atoms with Gasteiger partial charge in [0.05, 0.1) is 0 Å². The highest BCUT2D eigenvalue weighted by Crippen LogP contribution is 2.36. The SMILES string of the molecule is CC(C)C(C)(CCCN)C(C)O[SiH3]. The molecule has 0 aliphatic rings.